The predicted octanol–water partition coefficient (Wildman–Crippen LogP) is 3.58. The molecule has 3 rings (SSSR count). The van der Waals surface area contributed by atoms with Gasteiger partial charge in [0.15, 0.2) is 0 Å². The number of rotatable bonds is 1. The fourth-order valence-corrected chi connectivity index (χ4v) is 3.57. The summed E-state index contributed by atoms with van der Waals surface area (Å²) in [7, 11) is 0. The highest BCUT2D eigenvalue weighted by Crippen LogP contribution is 2.31. The zero-order chi connectivity index (χ0) is 14.1. The van der Waals surface area contributed by atoms with Gasteiger partial charge in [-0.3, -0.25) is 4.90 Å². The number of hydrogen-bond acceptors (Lipinski definition) is 1. The second kappa shape index (κ2) is 5.47. The Balaban J connectivity index is 1.69. The highest BCUT2D eigenvalue weighted by atomic mass is 16.2. The molecule has 1 heterocycles. The third-order valence-corrected chi connectivity index (χ3v) is 5.15. The van der Waals surface area contributed by atoms with Gasteiger partial charge < -0.3 is 5.32 Å². The van der Waals surface area contributed by atoms with Crippen LogP contribution in [0.5, 0.6) is 0 Å². The molecule has 1 fully saturated rings. The summed E-state index contributed by atoms with van der Waals surface area (Å²) in [5, 5.41) is 3.27. The Labute approximate surface area is 121 Å². The van der Waals surface area contributed by atoms with Crippen molar-refractivity contribution in [2.24, 2.45) is 11.8 Å². The molecule has 1 aromatic rings. The van der Waals surface area contributed by atoms with Gasteiger partial charge in [-0.25, -0.2) is 4.79 Å². The molecule has 0 aromatic heterocycles. The molecule has 3 heteroatoms. The minimum atomic E-state index is 0.0842. The summed E-state index contributed by atoms with van der Waals surface area (Å²) >= 11 is 0. The predicted molar refractivity (Wildman–Crippen MR) is 82.0 cm³/mol. The number of hydrogen-bond donors (Lipinski definition) is 1. The van der Waals surface area contributed by atoms with Crippen molar-refractivity contribution in [3.63, 3.8) is 0 Å². The second-order valence-electron chi connectivity index (χ2n) is 6.35. The molecule has 2 amide bonds. The number of fused-ring (bicyclic) bond motifs is 1. The minimum absolute atomic E-state index is 0.0842. The lowest BCUT2D eigenvalue weighted by Crippen LogP contribution is -2.49. The van der Waals surface area contributed by atoms with Crippen molar-refractivity contribution in [3.8, 4) is 0 Å². The van der Waals surface area contributed by atoms with E-state index in [1.807, 2.05) is 17.0 Å². The molecule has 1 aliphatic heterocycles. The lowest BCUT2D eigenvalue weighted by atomic mass is 9.78. The largest absolute Gasteiger partial charge is 0.335 e. The average Bonchev–Trinajstić information content (AvgIpc) is 2.88. The van der Waals surface area contributed by atoms with E-state index in [2.05, 4.69) is 31.3 Å². The first kappa shape index (κ1) is 13.5. The molecule has 1 aliphatic carbocycles. The molecule has 3 unspecified atom stereocenters. The summed E-state index contributed by atoms with van der Waals surface area (Å²) in [6.45, 7) is 5.38. The quantitative estimate of drug-likeness (QED) is 0.832. The Morgan fingerprint density at radius 1 is 1.25 bits per heavy atom. The Morgan fingerprint density at radius 3 is 2.90 bits per heavy atom. The van der Waals surface area contributed by atoms with Gasteiger partial charge in [-0.2, -0.15) is 0 Å². The third kappa shape index (κ3) is 2.41. The molecule has 2 aliphatic rings. The van der Waals surface area contributed by atoms with Crippen LogP contribution in [-0.4, -0.2) is 18.6 Å². The summed E-state index contributed by atoms with van der Waals surface area (Å²) < 4.78 is 0. The van der Waals surface area contributed by atoms with Crippen molar-refractivity contribution in [2.75, 3.05) is 11.4 Å². The summed E-state index contributed by atoms with van der Waals surface area (Å²) in [4.78, 5) is 14.4. The van der Waals surface area contributed by atoms with Gasteiger partial charge >= 0.3 is 6.03 Å². The van der Waals surface area contributed by atoms with Crippen LogP contribution in [0.3, 0.4) is 0 Å². The van der Waals surface area contributed by atoms with E-state index in [-0.39, 0.29) is 6.03 Å². The molecule has 0 spiro atoms. The molecule has 0 bridgehead atoms. The molecule has 20 heavy (non-hydrogen) atoms. The highest BCUT2D eigenvalue weighted by Gasteiger charge is 2.31. The number of anilines is 1. The Morgan fingerprint density at radius 2 is 2.05 bits per heavy atom. The van der Waals surface area contributed by atoms with Crippen molar-refractivity contribution in [1.29, 1.82) is 0 Å². The van der Waals surface area contributed by atoms with Crippen molar-refractivity contribution in [3.05, 3.63) is 29.8 Å². The number of nitrogens with one attached hydrogen (secondary N) is 1. The Hall–Kier alpha value is -1.51. The summed E-state index contributed by atoms with van der Waals surface area (Å²) in [5.41, 5.74) is 2.37. The van der Waals surface area contributed by atoms with Crippen LogP contribution in [-0.2, 0) is 6.42 Å². The molecule has 1 N–H and O–H groups in total. The van der Waals surface area contributed by atoms with Gasteiger partial charge in [0.25, 0.3) is 0 Å². The molecule has 1 aromatic carbocycles. The number of benzene rings is 1. The Kier molecular flexibility index (Phi) is 3.68. The van der Waals surface area contributed by atoms with Crippen LogP contribution in [0.2, 0.25) is 0 Å². The van der Waals surface area contributed by atoms with Crippen LogP contribution in [0.1, 0.15) is 38.7 Å². The van der Waals surface area contributed by atoms with Crippen molar-refractivity contribution in [1.82, 2.24) is 5.32 Å². The van der Waals surface area contributed by atoms with Crippen LogP contribution in [0.15, 0.2) is 24.3 Å². The van der Waals surface area contributed by atoms with Crippen LogP contribution < -0.4 is 10.2 Å². The van der Waals surface area contributed by atoms with E-state index in [9.17, 15) is 4.79 Å². The Bertz CT molecular complexity index is 500. The molecule has 0 radical (unpaired) electrons. The highest BCUT2D eigenvalue weighted by molar-refractivity contribution is 5.94. The van der Waals surface area contributed by atoms with Crippen molar-refractivity contribution in [2.45, 2.75) is 45.6 Å². The maximum absolute atomic E-state index is 12.5. The lowest BCUT2D eigenvalue weighted by molar-refractivity contribution is 0.198. The van der Waals surface area contributed by atoms with Crippen LogP contribution in [0, 0.1) is 11.8 Å². The topological polar surface area (TPSA) is 32.3 Å². The average molecular weight is 272 g/mol. The van der Waals surface area contributed by atoms with Gasteiger partial charge in [-0.05, 0) is 36.3 Å². The monoisotopic (exact) mass is 272 g/mol. The third-order valence-electron chi connectivity index (χ3n) is 5.15. The lowest BCUT2D eigenvalue weighted by Gasteiger charge is -2.35. The van der Waals surface area contributed by atoms with Crippen LogP contribution in [0.4, 0.5) is 10.5 Å². The van der Waals surface area contributed by atoms with Gasteiger partial charge in [0.2, 0.25) is 0 Å². The molecule has 3 nitrogen and oxygen atoms in total. The van der Waals surface area contributed by atoms with Crippen LogP contribution in [0.25, 0.3) is 0 Å². The molecule has 0 saturated heterocycles. The zero-order valence-electron chi connectivity index (χ0n) is 12.4. The molecule has 3 atom stereocenters. The van der Waals surface area contributed by atoms with Gasteiger partial charge in [-0.15, -0.1) is 0 Å². The van der Waals surface area contributed by atoms with Crippen molar-refractivity contribution >= 4 is 11.7 Å². The number of amides is 2. The summed E-state index contributed by atoms with van der Waals surface area (Å²) in [6, 6.07) is 8.64. The zero-order valence-corrected chi connectivity index (χ0v) is 12.4. The van der Waals surface area contributed by atoms with Crippen LogP contribution >= 0.6 is 0 Å². The number of para-hydroxylation sites is 1. The second-order valence-corrected chi connectivity index (χ2v) is 6.35. The normalized spacial score (nSPS) is 29.1. The van der Waals surface area contributed by atoms with E-state index in [0.717, 1.165) is 25.1 Å². The molecular formula is C17H24N2O. The van der Waals surface area contributed by atoms with Crippen molar-refractivity contribution < 1.29 is 4.79 Å². The smallest absolute Gasteiger partial charge is 0.322 e. The van der Waals surface area contributed by atoms with Gasteiger partial charge in [0, 0.05) is 18.3 Å². The van der Waals surface area contributed by atoms with E-state index in [1.54, 1.807) is 0 Å². The maximum Gasteiger partial charge on any atom is 0.322 e. The first-order valence-electron chi connectivity index (χ1n) is 7.83. The fraction of sp³-hybridized carbons (Fsp3) is 0.588. The first-order valence-corrected chi connectivity index (χ1v) is 7.83. The summed E-state index contributed by atoms with van der Waals surface area (Å²) in [5.74, 6) is 1.28. The SMILES string of the molecule is CC1CCCC(NC(=O)N2CCc3ccccc32)C1C. The van der Waals surface area contributed by atoms with E-state index >= 15 is 0 Å². The van der Waals surface area contributed by atoms with E-state index in [4.69, 9.17) is 0 Å². The molecular weight excluding hydrogens is 248 g/mol. The number of carbonyl (C=O) groups excluding carboxylic acids is 1. The molecule has 1 saturated carbocycles. The van der Waals surface area contributed by atoms with E-state index < -0.39 is 0 Å². The van der Waals surface area contributed by atoms with Gasteiger partial charge in [0.1, 0.15) is 0 Å². The van der Waals surface area contributed by atoms with E-state index in [1.165, 1.54) is 18.4 Å². The van der Waals surface area contributed by atoms with Gasteiger partial charge in [0.05, 0.1) is 0 Å². The summed E-state index contributed by atoms with van der Waals surface area (Å²) in [6.07, 6.45) is 4.61. The minimum Gasteiger partial charge on any atom is -0.335 e. The maximum atomic E-state index is 12.5. The first-order chi connectivity index (χ1) is 9.66. The molecule has 108 valence electrons. The number of carbonyl (C=O) groups is 1. The standard InChI is InChI=1S/C17H24N2O/c1-12-6-5-8-15(13(12)2)18-17(20)19-11-10-14-7-3-4-9-16(14)19/h3-4,7,9,12-13,15H,5-6,8,10-11H2,1-2H3,(H,18,20). The number of nitrogens with zero attached hydrogens (tertiary/aromatic N) is 1. The van der Waals surface area contributed by atoms with Gasteiger partial charge in [-0.1, -0.05) is 44.9 Å². The number of urea groups is 1. The van der Waals surface area contributed by atoms with E-state index in [0.29, 0.717) is 17.9 Å². The fourth-order valence-electron chi connectivity index (χ4n) is 3.57.